The first-order chi connectivity index (χ1) is 43.6. The second-order valence-corrected chi connectivity index (χ2v) is 21.8. The average Bonchev–Trinajstić information content (AvgIpc) is 1.89. The van der Waals surface area contributed by atoms with Crippen molar-refractivity contribution in [3.8, 4) is 23.7 Å². The second-order valence-electron chi connectivity index (χ2n) is 21.8. The van der Waals surface area contributed by atoms with Crippen LogP contribution in [0.5, 0.6) is 0 Å². The summed E-state index contributed by atoms with van der Waals surface area (Å²) in [6.07, 6.45) is -6.83. The van der Waals surface area contributed by atoms with Gasteiger partial charge in [-0.25, -0.2) is 0 Å². The predicted octanol–water partition coefficient (Wildman–Crippen LogP) is 13.9. The molecule has 10 atom stereocenters. The lowest BCUT2D eigenvalue weighted by molar-refractivity contribution is -0.261. The smallest absolute Gasteiger partial charge is 0.147 e. The van der Waals surface area contributed by atoms with E-state index in [2.05, 4.69) is 72.2 Å². The SMILES string of the molecule is C(#C[C@@H]1O[C@H](COCc2ccccc2)[C@@H](OCc2ccccc2)[C@H](OCc2ccccc2)[C@H]1OCc1ccccc1)c1ccccc1C#C[C@@H]1O[C@H](COCc2ccccc2)[C@@H](OCc2ccccc2)[C@H](OCc2ccccc2)[C@H]1OCc1ccccc1. The molecule has 0 amide bonds. The first kappa shape index (κ1) is 61.4. The fraction of sp³-hybridized carbons (Fsp3) is 0.256. The van der Waals surface area contributed by atoms with E-state index in [1.165, 1.54) is 0 Å². The van der Waals surface area contributed by atoms with E-state index in [0.29, 0.717) is 50.8 Å². The summed E-state index contributed by atoms with van der Waals surface area (Å²) in [6, 6.07) is 88.8. The van der Waals surface area contributed by atoms with Gasteiger partial charge in [0, 0.05) is 11.1 Å². The van der Waals surface area contributed by atoms with Gasteiger partial charge < -0.3 is 47.4 Å². The van der Waals surface area contributed by atoms with Crippen molar-refractivity contribution in [2.45, 2.75) is 114 Å². The molecule has 0 aliphatic carbocycles. The summed E-state index contributed by atoms with van der Waals surface area (Å²) in [4.78, 5) is 0. The van der Waals surface area contributed by atoms with Crippen LogP contribution in [0.4, 0.5) is 0 Å². The number of rotatable bonds is 26. The van der Waals surface area contributed by atoms with Gasteiger partial charge in [0.1, 0.15) is 61.0 Å². The van der Waals surface area contributed by atoms with Crippen molar-refractivity contribution in [3.63, 3.8) is 0 Å². The molecule has 11 rings (SSSR count). The van der Waals surface area contributed by atoms with Gasteiger partial charge in [-0.3, -0.25) is 0 Å². The molecular weight excluding hydrogens is 1100 g/mol. The molecule has 0 saturated carbocycles. The van der Waals surface area contributed by atoms with Crippen LogP contribution in [0.15, 0.2) is 267 Å². The minimum atomic E-state index is -0.808. The molecule has 2 aliphatic heterocycles. The average molecular weight is 1170 g/mol. The molecule has 9 aromatic rings. The van der Waals surface area contributed by atoms with E-state index in [1.54, 1.807) is 0 Å². The summed E-state index contributed by atoms with van der Waals surface area (Å²) in [7, 11) is 0. The molecule has 2 fully saturated rings. The normalized spacial score (nSPS) is 21.5. The van der Waals surface area contributed by atoms with E-state index in [9.17, 15) is 0 Å². The number of hydrogen-bond donors (Lipinski definition) is 0. The van der Waals surface area contributed by atoms with Crippen LogP contribution in [-0.4, -0.2) is 74.3 Å². The Morgan fingerprint density at radius 3 is 0.716 bits per heavy atom. The van der Waals surface area contributed by atoms with E-state index < -0.39 is 61.0 Å². The number of ether oxygens (including phenoxy) is 10. The van der Waals surface area contributed by atoms with Crippen molar-refractivity contribution < 1.29 is 47.4 Å². The van der Waals surface area contributed by atoms with Crippen molar-refractivity contribution in [1.82, 2.24) is 0 Å². The molecule has 0 aromatic heterocycles. The second kappa shape index (κ2) is 33.2. The first-order valence-corrected chi connectivity index (χ1v) is 30.2. The van der Waals surface area contributed by atoms with Gasteiger partial charge in [0.15, 0.2) is 0 Å². The highest BCUT2D eigenvalue weighted by Crippen LogP contribution is 2.33. The maximum absolute atomic E-state index is 7.16. The summed E-state index contributed by atoms with van der Waals surface area (Å²) in [6.45, 7) is 2.95. The lowest BCUT2D eigenvalue weighted by atomic mass is 9.93. The van der Waals surface area contributed by atoms with Gasteiger partial charge in [-0.2, -0.15) is 0 Å². The Kier molecular flexibility index (Phi) is 23.1. The van der Waals surface area contributed by atoms with Crippen molar-refractivity contribution in [2.75, 3.05) is 13.2 Å². The first-order valence-electron chi connectivity index (χ1n) is 30.2. The number of benzene rings is 9. The molecule has 9 aromatic carbocycles. The molecular formula is C78H74O10. The van der Waals surface area contributed by atoms with Gasteiger partial charge in [0.2, 0.25) is 0 Å². The zero-order chi connectivity index (χ0) is 59.6. The van der Waals surface area contributed by atoms with E-state index in [-0.39, 0.29) is 26.4 Å². The Balaban J connectivity index is 0.949. The van der Waals surface area contributed by atoms with Crippen LogP contribution < -0.4 is 0 Å². The summed E-state index contributed by atoms with van der Waals surface area (Å²) in [5.41, 5.74) is 9.49. The Morgan fingerprint density at radius 1 is 0.239 bits per heavy atom. The largest absolute Gasteiger partial charge is 0.374 e. The topological polar surface area (TPSA) is 92.3 Å². The number of hydrogen-bond acceptors (Lipinski definition) is 10. The molecule has 88 heavy (non-hydrogen) atoms. The summed E-state index contributed by atoms with van der Waals surface area (Å²) in [5.74, 6) is 14.2. The van der Waals surface area contributed by atoms with Crippen LogP contribution >= 0.6 is 0 Å². The molecule has 2 aliphatic rings. The van der Waals surface area contributed by atoms with Gasteiger partial charge in [0.05, 0.1) is 66.1 Å². The third-order valence-corrected chi connectivity index (χ3v) is 15.4. The van der Waals surface area contributed by atoms with Crippen LogP contribution in [-0.2, 0) is 100 Å². The zero-order valence-electron chi connectivity index (χ0n) is 49.3. The molecule has 10 nitrogen and oxygen atoms in total. The van der Waals surface area contributed by atoms with Gasteiger partial charge in [0.25, 0.3) is 0 Å². The maximum atomic E-state index is 7.16. The third kappa shape index (κ3) is 18.1. The predicted molar refractivity (Wildman–Crippen MR) is 340 cm³/mol. The van der Waals surface area contributed by atoms with Crippen molar-refractivity contribution >= 4 is 0 Å². The van der Waals surface area contributed by atoms with Crippen LogP contribution in [0, 0.1) is 23.7 Å². The molecule has 0 N–H and O–H groups in total. The highest BCUT2D eigenvalue weighted by molar-refractivity contribution is 5.51. The Hall–Kier alpha value is -8.30. The molecule has 2 saturated heterocycles. The zero-order valence-corrected chi connectivity index (χ0v) is 49.3. The van der Waals surface area contributed by atoms with Crippen LogP contribution in [0.3, 0.4) is 0 Å². The molecule has 0 radical (unpaired) electrons. The molecule has 10 heteroatoms. The van der Waals surface area contributed by atoms with Gasteiger partial charge in [-0.1, -0.05) is 278 Å². The third-order valence-electron chi connectivity index (χ3n) is 15.4. The summed E-state index contributed by atoms with van der Waals surface area (Å²) >= 11 is 0. The highest BCUT2D eigenvalue weighted by atomic mass is 16.6. The van der Waals surface area contributed by atoms with E-state index in [4.69, 9.17) is 47.4 Å². The van der Waals surface area contributed by atoms with Gasteiger partial charge >= 0.3 is 0 Å². The van der Waals surface area contributed by atoms with Crippen LogP contribution in [0.25, 0.3) is 0 Å². The fourth-order valence-corrected chi connectivity index (χ4v) is 10.8. The van der Waals surface area contributed by atoms with Crippen molar-refractivity contribution in [3.05, 3.63) is 323 Å². The maximum Gasteiger partial charge on any atom is 0.147 e. The highest BCUT2D eigenvalue weighted by Gasteiger charge is 2.49. The monoisotopic (exact) mass is 1170 g/mol. The molecule has 0 spiro atoms. The van der Waals surface area contributed by atoms with Gasteiger partial charge in [-0.05, 0) is 56.6 Å². The van der Waals surface area contributed by atoms with E-state index in [0.717, 1.165) is 44.5 Å². The lowest BCUT2D eigenvalue weighted by Gasteiger charge is -2.45. The van der Waals surface area contributed by atoms with E-state index >= 15 is 0 Å². The van der Waals surface area contributed by atoms with Crippen LogP contribution in [0.1, 0.15) is 55.6 Å². The van der Waals surface area contributed by atoms with E-state index in [1.807, 2.05) is 218 Å². The van der Waals surface area contributed by atoms with Crippen molar-refractivity contribution in [2.24, 2.45) is 0 Å². The Bertz CT molecular complexity index is 3320. The summed E-state index contributed by atoms with van der Waals surface area (Å²) < 4.78 is 69.4. The Morgan fingerprint density at radius 2 is 0.455 bits per heavy atom. The minimum absolute atomic E-state index is 0.201. The van der Waals surface area contributed by atoms with Crippen molar-refractivity contribution in [1.29, 1.82) is 0 Å². The minimum Gasteiger partial charge on any atom is -0.374 e. The van der Waals surface area contributed by atoms with Gasteiger partial charge in [-0.15, -0.1) is 0 Å². The standard InChI is InChI=1S/C78H74O10/c1-9-27-59(28-10-1)49-79-57-71-75(83-53-63-35-17-5-18-36-63)77(85-55-65-39-21-7-22-40-65)73(81-51-61-31-13-3-14-32-61)69(87-71)47-45-67-43-25-26-44-68(67)46-48-70-74(82-52-62-33-15-4-16-34-62)78(86-56-66-41-23-8-24-42-66)76(84-54-64-37-19-6-20-38-64)72(88-70)58-80-50-60-29-11-2-12-30-60/h1-44,69-78H,49-58H2/t69-,70-,71+,72+,73-,74-,75+,76+,77+,78+/m0/s1. The molecule has 0 unspecified atom stereocenters. The Labute approximate surface area is 518 Å². The fourth-order valence-electron chi connectivity index (χ4n) is 10.8. The van der Waals surface area contributed by atoms with Crippen LogP contribution in [0.2, 0.25) is 0 Å². The molecule has 0 bridgehead atoms. The molecule has 2 heterocycles. The lowest BCUT2D eigenvalue weighted by Crippen LogP contribution is -2.61. The quantitative estimate of drug-likeness (QED) is 0.0488. The molecule has 446 valence electrons. The summed E-state index contributed by atoms with van der Waals surface area (Å²) in [5, 5.41) is 0.